The summed E-state index contributed by atoms with van der Waals surface area (Å²) >= 11 is 0. The maximum Gasteiger partial charge on any atom is 0.330 e. The molecule has 0 aliphatic carbocycles. The Kier molecular flexibility index (Phi) is 17.0. The van der Waals surface area contributed by atoms with E-state index < -0.39 is 0 Å². The number of allylic oxidation sites excluding steroid dienone is 1. The molecule has 0 aromatic heterocycles. The van der Waals surface area contributed by atoms with Crippen LogP contribution in [0.3, 0.4) is 0 Å². The molecule has 0 radical (unpaired) electrons. The third kappa shape index (κ3) is 15.9. The summed E-state index contributed by atoms with van der Waals surface area (Å²) in [6, 6.07) is 0. The summed E-state index contributed by atoms with van der Waals surface area (Å²) in [6.07, 6.45) is 19.6. The number of carbonyl (C=O) groups excluding carboxylic acids is 1. The van der Waals surface area contributed by atoms with Crippen molar-refractivity contribution in [2.45, 2.75) is 111 Å². The van der Waals surface area contributed by atoms with Crippen LogP contribution in [0.2, 0.25) is 0 Å². The summed E-state index contributed by atoms with van der Waals surface area (Å²) in [5, 5.41) is 0. The molecular formula is C21H40O2. The van der Waals surface area contributed by atoms with Gasteiger partial charge in [-0.25, -0.2) is 4.79 Å². The lowest BCUT2D eigenvalue weighted by Gasteiger charge is -2.08. The summed E-state index contributed by atoms with van der Waals surface area (Å²) in [7, 11) is 0. The van der Waals surface area contributed by atoms with Gasteiger partial charge in [-0.2, -0.15) is 0 Å². The quantitative estimate of drug-likeness (QED) is 0.174. The summed E-state index contributed by atoms with van der Waals surface area (Å²) in [5.41, 5.74) is 1.30. The molecule has 0 amide bonds. The van der Waals surface area contributed by atoms with E-state index in [0.29, 0.717) is 6.61 Å². The third-order valence-corrected chi connectivity index (χ3v) is 4.31. The van der Waals surface area contributed by atoms with E-state index in [1.807, 2.05) is 6.92 Å². The molecule has 0 atom stereocenters. The van der Waals surface area contributed by atoms with Crippen LogP contribution in [-0.4, -0.2) is 12.6 Å². The van der Waals surface area contributed by atoms with Crippen molar-refractivity contribution >= 4 is 5.97 Å². The normalized spacial score (nSPS) is 10.6. The van der Waals surface area contributed by atoms with Gasteiger partial charge in [0.2, 0.25) is 0 Å². The van der Waals surface area contributed by atoms with Gasteiger partial charge in [-0.05, 0) is 32.6 Å². The average Bonchev–Trinajstić information content (AvgIpc) is 2.53. The Bertz CT molecular complexity index is 276. The van der Waals surface area contributed by atoms with Crippen LogP contribution >= 0.6 is 0 Å². The summed E-state index contributed by atoms with van der Waals surface area (Å²) < 4.78 is 5.08. The van der Waals surface area contributed by atoms with Crippen LogP contribution in [0.15, 0.2) is 11.6 Å². The van der Waals surface area contributed by atoms with Crippen molar-refractivity contribution in [2.24, 2.45) is 0 Å². The van der Waals surface area contributed by atoms with Crippen molar-refractivity contribution < 1.29 is 9.53 Å². The Labute approximate surface area is 145 Å². The smallest absolute Gasteiger partial charge is 0.330 e. The highest BCUT2D eigenvalue weighted by Gasteiger charge is 2.04. The maximum absolute atomic E-state index is 11.7. The first-order valence-corrected chi connectivity index (χ1v) is 10.1. The van der Waals surface area contributed by atoms with Crippen LogP contribution in [0.4, 0.5) is 0 Å². The van der Waals surface area contributed by atoms with Crippen LogP contribution in [0.5, 0.6) is 0 Å². The van der Waals surface area contributed by atoms with Crippen LogP contribution in [0.25, 0.3) is 0 Å². The number of esters is 1. The topological polar surface area (TPSA) is 26.3 Å². The second kappa shape index (κ2) is 17.6. The van der Waals surface area contributed by atoms with Gasteiger partial charge >= 0.3 is 5.97 Å². The van der Waals surface area contributed by atoms with E-state index in [2.05, 4.69) is 13.8 Å². The molecule has 0 aliphatic heterocycles. The van der Waals surface area contributed by atoms with E-state index in [4.69, 9.17) is 4.74 Å². The monoisotopic (exact) mass is 324 g/mol. The predicted molar refractivity (Wildman–Crippen MR) is 101 cm³/mol. The minimum Gasteiger partial charge on any atom is -0.463 e. The lowest BCUT2D eigenvalue weighted by molar-refractivity contribution is -0.137. The van der Waals surface area contributed by atoms with Gasteiger partial charge in [-0.15, -0.1) is 0 Å². The van der Waals surface area contributed by atoms with E-state index in [9.17, 15) is 4.79 Å². The van der Waals surface area contributed by atoms with E-state index in [1.165, 1.54) is 82.6 Å². The Balaban J connectivity index is 4.01. The second-order valence-electron chi connectivity index (χ2n) is 6.59. The van der Waals surface area contributed by atoms with Crippen LogP contribution < -0.4 is 0 Å². The molecule has 2 heteroatoms. The average molecular weight is 325 g/mol. The molecule has 0 bridgehead atoms. The molecule has 0 N–H and O–H groups in total. The number of rotatable bonds is 16. The molecular weight excluding hydrogens is 284 g/mol. The van der Waals surface area contributed by atoms with Gasteiger partial charge in [-0.1, -0.05) is 83.6 Å². The van der Waals surface area contributed by atoms with E-state index in [-0.39, 0.29) is 5.97 Å². The van der Waals surface area contributed by atoms with Crippen molar-refractivity contribution in [3.8, 4) is 0 Å². The van der Waals surface area contributed by atoms with Gasteiger partial charge in [0.1, 0.15) is 0 Å². The molecule has 0 spiro atoms. The highest BCUT2D eigenvalue weighted by molar-refractivity contribution is 5.82. The Hall–Kier alpha value is -0.790. The van der Waals surface area contributed by atoms with E-state index >= 15 is 0 Å². The van der Waals surface area contributed by atoms with Crippen LogP contribution in [0, 0.1) is 0 Å². The molecule has 0 saturated carbocycles. The van der Waals surface area contributed by atoms with Gasteiger partial charge in [0, 0.05) is 6.08 Å². The van der Waals surface area contributed by atoms with Gasteiger partial charge < -0.3 is 4.74 Å². The minimum atomic E-state index is -0.153. The van der Waals surface area contributed by atoms with Gasteiger partial charge in [0.25, 0.3) is 0 Å². The van der Waals surface area contributed by atoms with E-state index in [0.717, 1.165) is 12.8 Å². The molecule has 23 heavy (non-hydrogen) atoms. The van der Waals surface area contributed by atoms with E-state index in [1.54, 1.807) is 6.08 Å². The fourth-order valence-corrected chi connectivity index (χ4v) is 2.88. The van der Waals surface area contributed by atoms with Crippen molar-refractivity contribution in [3.63, 3.8) is 0 Å². The van der Waals surface area contributed by atoms with Crippen molar-refractivity contribution in [1.29, 1.82) is 0 Å². The Morgan fingerprint density at radius 3 is 1.57 bits per heavy atom. The molecule has 0 fully saturated rings. The van der Waals surface area contributed by atoms with Gasteiger partial charge in [-0.3, -0.25) is 0 Å². The van der Waals surface area contributed by atoms with Crippen molar-refractivity contribution in [3.05, 3.63) is 11.6 Å². The highest BCUT2D eigenvalue weighted by Crippen LogP contribution is 2.18. The van der Waals surface area contributed by atoms with Gasteiger partial charge in [0.05, 0.1) is 6.61 Å². The zero-order valence-corrected chi connectivity index (χ0v) is 16.0. The largest absolute Gasteiger partial charge is 0.463 e. The number of ether oxygens (including phenoxy) is 1. The molecule has 0 rings (SSSR count). The molecule has 0 unspecified atom stereocenters. The highest BCUT2D eigenvalue weighted by atomic mass is 16.5. The fraction of sp³-hybridized carbons (Fsp3) is 0.857. The zero-order valence-electron chi connectivity index (χ0n) is 16.0. The first-order chi connectivity index (χ1) is 11.2. The zero-order chi connectivity index (χ0) is 17.2. The molecule has 2 nitrogen and oxygen atoms in total. The first kappa shape index (κ1) is 22.2. The second-order valence-corrected chi connectivity index (χ2v) is 6.59. The summed E-state index contributed by atoms with van der Waals surface area (Å²) in [5.74, 6) is -0.153. The van der Waals surface area contributed by atoms with Crippen LogP contribution in [0.1, 0.15) is 111 Å². The lowest BCUT2D eigenvalue weighted by atomic mass is 9.99. The number of hydrogen-bond acceptors (Lipinski definition) is 2. The number of carbonyl (C=O) groups is 1. The molecule has 0 aliphatic rings. The minimum absolute atomic E-state index is 0.153. The Morgan fingerprint density at radius 1 is 0.696 bits per heavy atom. The molecule has 0 aromatic rings. The number of hydrogen-bond donors (Lipinski definition) is 0. The predicted octanol–water partition coefficient (Wildman–Crippen LogP) is 6.98. The van der Waals surface area contributed by atoms with Crippen molar-refractivity contribution in [1.82, 2.24) is 0 Å². The van der Waals surface area contributed by atoms with Gasteiger partial charge in [0.15, 0.2) is 0 Å². The molecule has 136 valence electrons. The standard InChI is InChI=1S/C21H40O2/c1-4-7-9-11-13-15-17-20(19-21(22)23-6-3)18-16-14-12-10-8-5-2/h19H,4-18H2,1-3H3. The van der Waals surface area contributed by atoms with Crippen molar-refractivity contribution in [2.75, 3.05) is 6.61 Å². The Morgan fingerprint density at radius 2 is 1.13 bits per heavy atom. The lowest BCUT2D eigenvalue weighted by Crippen LogP contribution is -2.01. The number of unbranched alkanes of at least 4 members (excludes halogenated alkanes) is 10. The summed E-state index contributed by atoms with van der Waals surface area (Å²) in [4.78, 5) is 11.7. The SMILES string of the molecule is CCCCCCCCC(=CC(=O)OCC)CCCCCCCC. The molecule has 0 aromatic carbocycles. The molecule has 0 heterocycles. The fourth-order valence-electron chi connectivity index (χ4n) is 2.88. The third-order valence-electron chi connectivity index (χ3n) is 4.31. The summed E-state index contributed by atoms with van der Waals surface area (Å²) in [6.45, 7) is 6.84. The first-order valence-electron chi connectivity index (χ1n) is 10.1. The van der Waals surface area contributed by atoms with Crippen LogP contribution in [-0.2, 0) is 9.53 Å². The maximum atomic E-state index is 11.7. The molecule has 0 saturated heterocycles.